The minimum Gasteiger partial charge on any atom is -0.314 e. The quantitative estimate of drug-likeness (QED) is 0.629. The molecule has 0 radical (unpaired) electrons. The lowest BCUT2D eigenvalue weighted by Crippen LogP contribution is -2.45. The molecular weight excluding hydrogens is 325 g/mol. The zero-order valence-corrected chi connectivity index (χ0v) is 14.5. The number of rotatable bonds is 6. The number of non-ortho nitro benzene ring substituents is 1. The van der Waals surface area contributed by atoms with Crippen molar-refractivity contribution in [1.82, 2.24) is 10.2 Å². The van der Waals surface area contributed by atoms with Gasteiger partial charge in [0.1, 0.15) is 0 Å². The van der Waals surface area contributed by atoms with Crippen molar-refractivity contribution >= 4 is 30.5 Å². The highest BCUT2D eigenvalue weighted by Gasteiger charge is 2.22. The molecule has 0 amide bonds. The van der Waals surface area contributed by atoms with Gasteiger partial charge in [-0.3, -0.25) is 15.0 Å². The molecule has 2 rings (SSSR count). The molecule has 1 heterocycles. The maximum absolute atomic E-state index is 10.7. The summed E-state index contributed by atoms with van der Waals surface area (Å²) in [5.74, 6) is 0. The number of halogens is 2. The maximum atomic E-state index is 10.7. The summed E-state index contributed by atoms with van der Waals surface area (Å²) < 4.78 is 0. The Labute approximate surface area is 144 Å². The molecule has 22 heavy (non-hydrogen) atoms. The van der Waals surface area contributed by atoms with Gasteiger partial charge >= 0.3 is 0 Å². The van der Waals surface area contributed by atoms with Gasteiger partial charge in [-0.15, -0.1) is 24.8 Å². The molecule has 1 N–H and O–H groups in total. The van der Waals surface area contributed by atoms with Gasteiger partial charge in [-0.25, -0.2) is 0 Å². The second-order valence-electron chi connectivity index (χ2n) is 5.29. The number of hydrogen-bond donors (Lipinski definition) is 1. The van der Waals surface area contributed by atoms with Crippen molar-refractivity contribution in [2.45, 2.75) is 32.2 Å². The van der Waals surface area contributed by atoms with Crippen LogP contribution in [0, 0.1) is 10.1 Å². The Hall–Kier alpha value is -0.880. The number of hydrogen-bond acceptors (Lipinski definition) is 4. The van der Waals surface area contributed by atoms with E-state index < -0.39 is 0 Å². The Balaban J connectivity index is 0.00000220. The van der Waals surface area contributed by atoms with E-state index in [0.29, 0.717) is 6.04 Å². The third-order valence-electron chi connectivity index (χ3n) is 3.91. The number of nitro groups is 1. The van der Waals surface area contributed by atoms with E-state index in [1.54, 1.807) is 12.1 Å². The largest absolute Gasteiger partial charge is 0.314 e. The molecule has 1 atom stereocenters. The standard InChI is InChI=1S/C15H23N3O2.2ClH/c1-2-3-4-15(17-11-9-16-10-12-17)13-5-7-14(8-6-13)18(19)20;;/h5-8,15-16H,2-4,9-12H2,1H3;2*1H/t15-;;/m1../s1. The summed E-state index contributed by atoms with van der Waals surface area (Å²) in [7, 11) is 0. The van der Waals surface area contributed by atoms with Crippen LogP contribution < -0.4 is 5.32 Å². The molecule has 126 valence electrons. The van der Waals surface area contributed by atoms with Crippen LogP contribution in [0.5, 0.6) is 0 Å². The lowest BCUT2D eigenvalue weighted by atomic mass is 9.98. The van der Waals surface area contributed by atoms with Crippen molar-refractivity contribution in [3.8, 4) is 0 Å². The highest BCUT2D eigenvalue weighted by Crippen LogP contribution is 2.28. The van der Waals surface area contributed by atoms with Gasteiger partial charge in [-0.1, -0.05) is 31.9 Å². The molecule has 1 aromatic carbocycles. The number of nitro benzene ring substituents is 1. The number of benzene rings is 1. The van der Waals surface area contributed by atoms with Gasteiger partial charge in [0, 0.05) is 44.4 Å². The van der Waals surface area contributed by atoms with Gasteiger partial charge in [0.2, 0.25) is 0 Å². The zero-order valence-electron chi connectivity index (χ0n) is 12.9. The molecule has 0 spiro atoms. The molecule has 1 fully saturated rings. The van der Waals surface area contributed by atoms with Crippen molar-refractivity contribution in [2.24, 2.45) is 0 Å². The predicted octanol–water partition coefficient (Wildman–Crippen LogP) is 3.57. The molecule has 5 nitrogen and oxygen atoms in total. The maximum Gasteiger partial charge on any atom is 0.269 e. The van der Waals surface area contributed by atoms with Crippen LogP contribution in [0.3, 0.4) is 0 Å². The number of nitrogens with zero attached hydrogens (tertiary/aromatic N) is 2. The van der Waals surface area contributed by atoms with E-state index in [9.17, 15) is 10.1 Å². The summed E-state index contributed by atoms with van der Waals surface area (Å²) in [6.45, 7) is 6.34. The summed E-state index contributed by atoms with van der Waals surface area (Å²) in [6, 6.07) is 7.46. The molecule has 0 unspecified atom stereocenters. The molecule has 7 heteroatoms. The second-order valence-corrected chi connectivity index (χ2v) is 5.29. The first kappa shape index (κ1) is 21.1. The molecule has 0 aliphatic carbocycles. The fourth-order valence-corrected chi connectivity index (χ4v) is 2.77. The van der Waals surface area contributed by atoms with E-state index in [2.05, 4.69) is 17.1 Å². The van der Waals surface area contributed by atoms with Crippen LogP contribution >= 0.6 is 24.8 Å². The van der Waals surface area contributed by atoms with Crippen LogP contribution in [0.15, 0.2) is 24.3 Å². The highest BCUT2D eigenvalue weighted by atomic mass is 35.5. The summed E-state index contributed by atoms with van der Waals surface area (Å²) in [4.78, 5) is 12.9. The van der Waals surface area contributed by atoms with Gasteiger partial charge in [-0.2, -0.15) is 0 Å². The van der Waals surface area contributed by atoms with Gasteiger partial charge in [0.25, 0.3) is 5.69 Å². The Morgan fingerprint density at radius 1 is 1.23 bits per heavy atom. The fourth-order valence-electron chi connectivity index (χ4n) is 2.77. The zero-order chi connectivity index (χ0) is 14.4. The van der Waals surface area contributed by atoms with Crippen LogP contribution in [0.4, 0.5) is 5.69 Å². The van der Waals surface area contributed by atoms with Gasteiger partial charge in [0.15, 0.2) is 0 Å². The average Bonchev–Trinajstić information content (AvgIpc) is 2.49. The lowest BCUT2D eigenvalue weighted by molar-refractivity contribution is -0.384. The first-order valence-electron chi connectivity index (χ1n) is 7.41. The van der Waals surface area contributed by atoms with Crippen LogP contribution in [0.2, 0.25) is 0 Å². The minimum absolute atomic E-state index is 0. The molecule has 1 aliphatic heterocycles. The van der Waals surface area contributed by atoms with Crippen LogP contribution in [-0.2, 0) is 0 Å². The summed E-state index contributed by atoms with van der Waals surface area (Å²) in [5, 5.41) is 14.1. The van der Waals surface area contributed by atoms with Crippen molar-refractivity contribution in [3.05, 3.63) is 39.9 Å². The predicted molar refractivity (Wildman–Crippen MR) is 94.3 cm³/mol. The van der Waals surface area contributed by atoms with Crippen molar-refractivity contribution in [3.63, 3.8) is 0 Å². The van der Waals surface area contributed by atoms with Crippen LogP contribution in [0.1, 0.15) is 37.8 Å². The molecular formula is C15H25Cl2N3O2. The number of unbranched alkanes of at least 4 members (excludes halogenated alkanes) is 1. The van der Waals surface area contributed by atoms with E-state index in [1.165, 1.54) is 18.4 Å². The van der Waals surface area contributed by atoms with E-state index >= 15 is 0 Å². The van der Waals surface area contributed by atoms with Crippen LogP contribution in [-0.4, -0.2) is 36.0 Å². The van der Waals surface area contributed by atoms with Crippen molar-refractivity contribution in [1.29, 1.82) is 0 Å². The third-order valence-corrected chi connectivity index (χ3v) is 3.91. The first-order valence-corrected chi connectivity index (χ1v) is 7.41. The molecule has 1 saturated heterocycles. The smallest absolute Gasteiger partial charge is 0.269 e. The molecule has 1 aromatic rings. The molecule has 0 bridgehead atoms. The highest BCUT2D eigenvalue weighted by molar-refractivity contribution is 5.85. The van der Waals surface area contributed by atoms with Gasteiger partial charge in [-0.05, 0) is 12.0 Å². The van der Waals surface area contributed by atoms with Gasteiger partial charge < -0.3 is 5.32 Å². The first-order chi connectivity index (χ1) is 9.72. The lowest BCUT2D eigenvalue weighted by Gasteiger charge is -2.35. The summed E-state index contributed by atoms with van der Waals surface area (Å²) >= 11 is 0. The van der Waals surface area contributed by atoms with Crippen molar-refractivity contribution in [2.75, 3.05) is 26.2 Å². The topological polar surface area (TPSA) is 58.4 Å². The Bertz CT molecular complexity index is 437. The average molecular weight is 350 g/mol. The Morgan fingerprint density at radius 3 is 2.32 bits per heavy atom. The normalized spacial score (nSPS) is 16.2. The molecule has 0 saturated carbocycles. The van der Waals surface area contributed by atoms with Crippen molar-refractivity contribution < 1.29 is 4.92 Å². The third kappa shape index (κ3) is 5.72. The minimum atomic E-state index is -0.338. The second kappa shape index (κ2) is 10.8. The van der Waals surface area contributed by atoms with E-state index in [1.807, 2.05) is 12.1 Å². The number of nitrogens with one attached hydrogen (secondary N) is 1. The van der Waals surface area contributed by atoms with E-state index in [4.69, 9.17) is 0 Å². The molecule has 0 aromatic heterocycles. The monoisotopic (exact) mass is 349 g/mol. The summed E-state index contributed by atoms with van der Waals surface area (Å²) in [6.07, 6.45) is 3.48. The van der Waals surface area contributed by atoms with E-state index in [0.717, 1.165) is 32.6 Å². The fraction of sp³-hybridized carbons (Fsp3) is 0.600. The molecule has 1 aliphatic rings. The van der Waals surface area contributed by atoms with Gasteiger partial charge in [0.05, 0.1) is 4.92 Å². The van der Waals surface area contributed by atoms with E-state index in [-0.39, 0.29) is 35.4 Å². The summed E-state index contributed by atoms with van der Waals surface area (Å²) in [5.41, 5.74) is 1.37. The Kier molecular flexibility index (Phi) is 10.3. The number of piperazine rings is 1. The van der Waals surface area contributed by atoms with Crippen LogP contribution in [0.25, 0.3) is 0 Å². The Morgan fingerprint density at radius 2 is 1.82 bits per heavy atom. The SMILES string of the molecule is CCCC[C@H](c1ccc([N+](=O)[O-])cc1)N1CCNCC1.Cl.Cl.